The Kier molecular flexibility index (Phi) is 5.16. The van der Waals surface area contributed by atoms with Gasteiger partial charge >= 0.3 is 5.69 Å². The minimum Gasteiger partial charge on any atom is -0.491 e. The first kappa shape index (κ1) is 16.7. The van der Waals surface area contributed by atoms with E-state index in [1.807, 2.05) is 33.8 Å². The van der Waals surface area contributed by atoms with E-state index in [1.54, 1.807) is 24.3 Å². The first-order chi connectivity index (χ1) is 10.8. The number of nitrogens with zero attached hydrogens (tertiary/aromatic N) is 1. The van der Waals surface area contributed by atoms with Crippen molar-refractivity contribution in [1.82, 2.24) is 9.97 Å². The molecule has 0 aliphatic carbocycles. The van der Waals surface area contributed by atoms with Gasteiger partial charge in [-0.1, -0.05) is 19.9 Å². The fraction of sp³-hybridized carbons (Fsp3) is 0.353. The molecule has 23 heavy (non-hydrogen) atoms. The molecule has 0 saturated carbocycles. The van der Waals surface area contributed by atoms with Gasteiger partial charge in [0.15, 0.2) is 0 Å². The Bertz CT molecular complexity index is 751. The third-order valence-electron chi connectivity index (χ3n) is 3.08. The fourth-order valence-corrected chi connectivity index (χ4v) is 2.02. The van der Waals surface area contributed by atoms with Crippen molar-refractivity contribution in [3.05, 3.63) is 52.2 Å². The van der Waals surface area contributed by atoms with Crippen LogP contribution in [-0.4, -0.2) is 22.0 Å². The van der Waals surface area contributed by atoms with Crippen LogP contribution in [0.3, 0.4) is 0 Å². The van der Waals surface area contributed by atoms with E-state index in [0.717, 1.165) is 0 Å². The van der Waals surface area contributed by atoms with Gasteiger partial charge in [0.05, 0.1) is 6.10 Å². The van der Waals surface area contributed by atoms with Gasteiger partial charge in [0, 0.05) is 17.4 Å². The molecule has 6 nitrogen and oxygen atoms in total. The number of amides is 1. The molecule has 1 amide bonds. The first-order valence-electron chi connectivity index (χ1n) is 7.54. The summed E-state index contributed by atoms with van der Waals surface area (Å²) in [6.45, 7) is 7.72. The summed E-state index contributed by atoms with van der Waals surface area (Å²) in [6, 6.07) is 8.68. The second-order valence-corrected chi connectivity index (χ2v) is 5.83. The lowest BCUT2D eigenvalue weighted by molar-refractivity contribution is 0.102. The summed E-state index contributed by atoms with van der Waals surface area (Å²) >= 11 is 0. The van der Waals surface area contributed by atoms with E-state index in [0.29, 0.717) is 17.1 Å². The van der Waals surface area contributed by atoms with Gasteiger partial charge in [-0.3, -0.25) is 4.79 Å². The van der Waals surface area contributed by atoms with Crippen LogP contribution in [0.5, 0.6) is 5.75 Å². The lowest BCUT2D eigenvalue weighted by atomic mass is 10.1. The Balaban J connectivity index is 2.21. The number of benzene rings is 1. The van der Waals surface area contributed by atoms with Crippen LogP contribution in [0, 0.1) is 0 Å². The van der Waals surface area contributed by atoms with Gasteiger partial charge < -0.3 is 15.0 Å². The number of H-pyrrole nitrogens is 1. The first-order valence-corrected chi connectivity index (χ1v) is 7.54. The van der Waals surface area contributed by atoms with E-state index in [2.05, 4.69) is 15.3 Å². The fourth-order valence-electron chi connectivity index (χ4n) is 2.02. The van der Waals surface area contributed by atoms with E-state index >= 15 is 0 Å². The number of carbonyl (C=O) groups excluding carboxylic acids is 1. The molecule has 0 bridgehead atoms. The van der Waals surface area contributed by atoms with Gasteiger partial charge in [-0.05, 0) is 38.0 Å². The van der Waals surface area contributed by atoms with Gasteiger partial charge in [0.25, 0.3) is 5.91 Å². The van der Waals surface area contributed by atoms with Crippen LogP contribution in [0.15, 0.2) is 35.1 Å². The highest BCUT2D eigenvalue weighted by molar-refractivity contribution is 6.02. The van der Waals surface area contributed by atoms with Crippen molar-refractivity contribution >= 4 is 11.6 Å². The number of nitrogens with one attached hydrogen (secondary N) is 2. The zero-order valence-electron chi connectivity index (χ0n) is 13.7. The number of anilines is 1. The van der Waals surface area contributed by atoms with Crippen LogP contribution >= 0.6 is 0 Å². The molecule has 0 aliphatic heterocycles. The van der Waals surface area contributed by atoms with Crippen molar-refractivity contribution in [2.45, 2.75) is 39.7 Å². The van der Waals surface area contributed by atoms with Gasteiger partial charge in [0.2, 0.25) is 0 Å². The Morgan fingerprint density at radius 3 is 2.61 bits per heavy atom. The van der Waals surface area contributed by atoms with Crippen molar-refractivity contribution in [2.24, 2.45) is 0 Å². The molecule has 0 spiro atoms. The van der Waals surface area contributed by atoms with E-state index in [4.69, 9.17) is 4.74 Å². The highest BCUT2D eigenvalue weighted by Gasteiger charge is 2.12. The Hall–Kier alpha value is -2.63. The number of ether oxygens (including phenoxy) is 1. The zero-order valence-corrected chi connectivity index (χ0v) is 13.7. The van der Waals surface area contributed by atoms with Crippen molar-refractivity contribution in [1.29, 1.82) is 0 Å². The summed E-state index contributed by atoms with van der Waals surface area (Å²) in [6.07, 6.45) is 0.0453. The lowest BCUT2D eigenvalue weighted by Crippen LogP contribution is -2.22. The quantitative estimate of drug-likeness (QED) is 0.888. The summed E-state index contributed by atoms with van der Waals surface area (Å²) in [5, 5.41) is 2.73. The maximum Gasteiger partial charge on any atom is 0.345 e. The van der Waals surface area contributed by atoms with Gasteiger partial charge in [-0.25, -0.2) is 4.79 Å². The number of aromatic nitrogens is 2. The number of carbonyl (C=O) groups is 1. The van der Waals surface area contributed by atoms with Crippen molar-refractivity contribution < 1.29 is 9.53 Å². The van der Waals surface area contributed by atoms with Crippen LogP contribution in [-0.2, 0) is 0 Å². The molecular formula is C17H21N3O3. The van der Waals surface area contributed by atoms with Gasteiger partial charge in [0.1, 0.15) is 11.4 Å². The number of hydrogen-bond acceptors (Lipinski definition) is 4. The number of aromatic amines is 1. The second kappa shape index (κ2) is 7.09. The molecule has 0 radical (unpaired) electrons. The third kappa shape index (κ3) is 4.67. The van der Waals surface area contributed by atoms with E-state index in [-0.39, 0.29) is 17.7 Å². The Morgan fingerprint density at radius 2 is 1.96 bits per heavy atom. The van der Waals surface area contributed by atoms with E-state index in [9.17, 15) is 9.59 Å². The van der Waals surface area contributed by atoms with E-state index in [1.165, 1.54) is 0 Å². The highest BCUT2D eigenvalue weighted by atomic mass is 16.5. The van der Waals surface area contributed by atoms with Crippen LogP contribution in [0.4, 0.5) is 5.69 Å². The molecule has 6 heteroatoms. The predicted octanol–water partition coefficient (Wildman–Crippen LogP) is 2.93. The minimum atomic E-state index is -0.529. The average molecular weight is 315 g/mol. The molecule has 0 fully saturated rings. The van der Waals surface area contributed by atoms with Crippen molar-refractivity contribution in [3.8, 4) is 5.75 Å². The largest absolute Gasteiger partial charge is 0.491 e. The van der Waals surface area contributed by atoms with Crippen molar-refractivity contribution in [3.63, 3.8) is 0 Å². The summed E-state index contributed by atoms with van der Waals surface area (Å²) < 4.78 is 5.59. The van der Waals surface area contributed by atoms with Crippen LogP contribution in [0.1, 0.15) is 49.8 Å². The smallest absolute Gasteiger partial charge is 0.345 e. The SMILES string of the molecule is CC(C)Oc1cccc(NC(=O)c2cc(C(C)C)[nH]c(=O)n2)c1. The van der Waals surface area contributed by atoms with Crippen LogP contribution < -0.4 is 15.7 Å². The Labute approximate surface area is 134 Å². The molecular weight excluding hydrogens is 294 g/mol. The van der Waals surface area contributed by atoms with Gasteiger partial charge in [-0.15, -0.1) is 0 Å². The lowest BCUT2D eigenvalue weighted by Gasteiger charge is -2.11. The maximum atomic E-state index is 12.3. The van der Waals surface area contributed by atoms with Crippen LogP contribution in [0.25, 0.3) is 0 Å². The molecule has 2 rings (SSSR count). The summed E-state index contributed by atoms with van der Waals surface area (Å²) in [5.74, 6) is 0.333. The standard InChI is InChI=1S/C17H21N3O3/c1-10(2)14-9-15(20-17(22)19-14)16(21)18-12-6-5-7-13(8-12)23-11(3)4/h5-11H,1-4H3,(H,18,21)(H,19,20,22). The molecule has 2 aromatic rings. The molecule has 1 aromatic carbocycles. The predicted molar refractivity (Wildman–Crippen MR) is 89.1 cm³/mol. The van der Waals surface area contributed by atoms with Gasteiger partial charge in [-0.2, -0.15) is 4.98 Å². The number of hydrogen-bond donors (Lipinski definition) is 2. The molecule has 0 saturated heterocycles. The topological polar surface area (TPSA) is 84.1 Å². The highest BCUT2D eigenvalue weighted by Crippen LogP contribution is 2.19. The average Bonchev–Trinajstić information content (AvgIpc) is 2.46. The molecule has 1 aromatic heterocycles. The third-order valence-corrected chi connectivity index (χ3v) is 3.08. The minimum absolute atomic E-state index is 0.0453. The number of rotatable bonds is 5. The summed E-state index contributed by atoms with van der Waals surface area (Å²) in [7, 11) is 0. The maximum absolute atomic E-state index is 12.3. The molecule has 0 aliphatic rings. The molecule has 2 N–H and O–H groups in total. The Morgan fingerprint density at radius 1 is 1.22 bits per heavy atom. The van der Waals surface area contributed by atoms with Crippen LogP contribution in [0.2, 0.25) is 0 Å². The molecule has 1 heterocycles. The summed E-state index contributed by atoms with van der Waals surface area (Å²) in [5.41, 5.74) is 0.819. The normalized spacial score (nSPS) is 10.9. The molecule has 0 atom stereocenters. The van der Waals surface area contributed by atoms with E-state index < -0.39 is 11.6 Å². The summed E-state index contributed by atoms with van der Waals surface area (Å²) in [4.78, 5) is 30.2. The second-order valence-electron chi connectivity index (χ2n) is 5.83. The van der Waals surface area contributed by atoms with Crippen molar-refractivity contribution in [2.75, 3.05) is 5.32 Å². The molecule has 0 unspecified atom stereocenters. The molecule has 122 valence electrons. The monoisotopic (exact) mass is 315 g/mol. The zero-order chi connectivity index (χ0) is 17.0.